The van der Waals surface area contributed by atoms with E-state index in [-0.39, 0.29) is 41.9 Å². The lowest BCUT2D eigenvalue weighted by Gasteiger charge is -2.13. The molecule has 7 nitrogen and oxygen atoms in total. The topological polar surface area (TPSA) is 78.3 Å². The maximum absolute atomic E-state index is 13.3. The van der Waals surface area contributed by atoms with Crippen molar-refractivity contribution in [3.63, 3.8) is 0 Å². The normalized spacial score (nSPS) is 11.9. The molecule has 0 aliphatic heterocycles. The van der Waals surface area contributed by atoms with Crippen molar-refractivity contribution in [2.24, 2.45) is 0 Å². The summed E-state index contributed by atoms with van der Waals surface area (Å²) in [4.78, 5) is 17.1. The van der Waals surface area contributed by atoms with E-state index in [0.29, 0.717) is 11.3 Å². The van der Waals surface area contributed by atoms with Crippen LogP contribution in [0.1, 0.15) is 27.0 Å². The highest BCUT2D eigenvalue weighted by Crippen LogP contribution is 2.33. The zero-order valence-corrected chi connectivity index (χ0v) is 21.1. The molecule has 40 heavy (non-hydrogen) atoms. The number of carbonyl (C=O) groups is 1. The van der Waals surface area contributed by atoms with Crippen LogP contribution in [0.4, 0.5) is 32.0 Å². The number of hydrogen-bond acceptors (Lipinski definition) is 5. The number of halogens is 6. The molecule has 0 saturated carbocycles. The van der Waals surface area contributed by atoms with E-state index in [2.05, 4.69) is 15.4 Å². The minimum absolute atomic E-state index is 0.0171. The second-order valence-electron chi connectivity index (χ2n) is 8.58. The summed E-state index contributed by atoms with van der Waals surface area (Å²) in [6.45, 7) is 1.65. The average molecular weight is 564 g/mol. The van der Waals surface area contributed by atoms with E-state index in [1.54, 1.807) is 12.1 Å². The first-order chi connectivity index (χ1) is 18.9. The second kappa shape index (κ2) is 11.4. The zero-order valence-electron chi connectivity index (χ0n) is 21.1. The zero-order chi connectivity index (χ0) is 29.1. The lowest BCUT2D eigenvalue weighted by atomic mass is 10.0. The Kier molecular flexibility index (Phi) is 8.14. The summed E-state index contributed by atoms with van der Waals surface area (Å²) in [6.07, 6.45) is -9.14. The quantitative estimate of drug-likeness (QED) is 0.194. The molecule has 0 unspecified atom stereocenters. The van der Waals surface area contributed by atoms with Gasteiger partial charge in [0.1, 0.15) is 6.61 Å². The van der Waals surface area contributed by atoms with Gasteiger partial charge in [-0.1, -0.05) is 24.3 Å². The number of carbonyl (C=O) groups excluding carboxylic acids is 1. The van der Waals surface area contributed by atoms with Crippen molar-refractivity contribution in [2.45, 2.75) is 19.3 Å². The number of aryl methyl sites for hydroxylation is 1. The van der Waals surface area contributed by atoms with Crippen LogP contribution in [0.15, 0.2) is 66.7 Å². The third-order valence-corrected chi connectivity index (χ3v) is 5.73. The molecule has 0 aliphatic carbocycles. The Morgan fingerprint density at radius 3 is 2.30 bits per heavy atom. The van der Waals surface area contributed by atoms with E-state index in [9.17, 15) is 31.1 Å². The number of rotatable bonds is 8. The largest absolute Gasteiger partial charge is 0.460 e. The summed E-state index contributed by atoms with van der Waals surface area (Å²) in [5.41, 5.74) is -1.09. The fourth-order valence-corrected chi connectivity index (χ4v) is 3.73. The first-order valence-electron chi connectivity index (χ1n) is 11.7. The van der Waals surface area contributed by atoms with Crippen LogP contribution in [-0.4, -0.2) is 41.0 Å². The van der Waals surface area contributed by atoms with Gasteiger partial charge in [-0.05, 0) is 55.0 Å². The molecular formula is C27H22F6N4O3. The van der Waals surface area contributed by atoms with Gasteiger partial charge in [0, 0.05) is 23.9 Å². The Bertz CT molecular complexity index is 1500. The second-order valence-corrected chi connectivity index (χ2v) is 8.58. The Morgan fingerprint density at radius 1 is 0.925 bits per heavy atom. The van der Waals surface area contributed by atoms with E-state index < -0.39 is 29.4 Å². The molecular weight excluding hydrogens is 542 g/mol. The number of anilines is 1. The highest BCUT2D eigenvalue weighted by molar-refractivity contribution is 6.04. The summed E-state index contributed by atoms with van der Waals surface area (Å²) in [6, 6.07) is 13.7. The van der Waals surface area contributed by atoms with Crippen LogP contribution in [0.3, 0.4) is 0 Å². The highest BCUT2D eigenvalue weighted by Gasteiger charge is 2.33. The van der Waals surface area contributed by atoms with Crippen LogP contribution in [0.5, 0.6) is 6.01 Å². The van der Waals surface area contributed by atoms with Gasteiger partial charge in [-0.15, -0.1) is 5.10 Å². The van der Waals surface area contributed by atoms with Gasteiger partial charge in [0.25, 0.3) is 5.91 Å². The monoisotopic (exact) mass is 564 g/mol. The number of aromatic nitrogens is 3. The van der Waals surface area contributed by atoms with E-state index in [4.69, 9.17) is 9.47 Å². The minimum atomic E-state index is -4.62. The molecule has 0 saturated heterocycles. The molecule has 1 N–H and O–H groups in total. The molecule has 0 bridgehead atoms. The first kappa shape index (κ1) is 28.6. The van der Waals surface area contributed by atoms with E-state index in [0.717, 1.165) is 18.2 Å². The van der Waals surface area contributed by atoms with Crippen molar-refractivity contribution >= 4 is 11.6 Å². The van der Waals surface area contributed by atoms with Gasteiger partial charge in [-0.2, -0.15) is 31.3 Å². The van der Waals surface area contributed by atoms with E-state index >= 15 is 0 Å². The summed E-state index contributed by atoms with van der Waals surface area (Å²) >= 11 is 0. The number of hydrogen-bond donors (Lipinski definition) is 1. The fraction of sp³-hybridized carbons (Fsp3) is 0.222. The third kappa shape index (κ3) is 6.60. The Balaban J connectivity index is 1.66. The van der Waals surface area contributed by atoms with Crippen LogP contribution >= 0.6 is 0 Å². The maximum atomic E-state index is 13.3. The number of benzene rings is 3. The molecule has 0 radical (unpaired) electrons. The predicted octanol–water partition coefficient (Wildman–Crippen LogP) is 6.56. The lowest BCUT2D eigenvalue weighted by molar-refractivity contribution is -0.138. The molecule has 0 fully saturated rings. The Morgan fingerprint density at radius 2 is 1.65 bits per heavy atom. The molecule has 4 aromatic rings. The molecule has 0 aliphatic rings. The molecule has 210 valence electrons. The van der Waals surface area contributed by atoms with Gasteiger partial charge in [0.05, 0.1) is 23.4 Å². The van der Waals surface area contributed by atoms with Crippen molar-refractivity contribution in [1.29, 1.82) is 0 Å². The number of ether oxygens (including phenoxy) is 2. The van der Waals surface area contributed by atoms with Gasteiger partial charge in [-0.25, -0.2) is 4.68 Å². The van der Waals surface area contributed by atoms with Crippen molar-refractivity contribution in [3.8, 4) is 23.1 Å². The van der Waals surface area contributed by atoms with Crippen molar-refractivity contribution in [1.82, 2.24) is 14.8 Å². The van der Waals surface area contributed by atoms with Crippen molar-refractivity contribution < 1.29 is 40.6 Å². The SMILES string of the molecule is COCCOc1nc(-c2ccc(C(F)(F)F)cc2)n(-c2cccc(NC(=O)c3ccc(C)c(C(F)(F)F)c3)c2)n1. The predicted molar refractivity (Wildman–Crippen MR) is 133 cm³/mol. The molecule has 0 atom stereocenters. The van der Waals surface area contributed by atoms with E-state index in [1.165, 1.54) is 55.1 Å². The molecule has 13 heteroatoms. The van der Waals surface area contributed by atoms with Crippen LogP contribution < -0.4 is 10.1 Å². The third-order valence-electron chi connectivity index (χ3n) is 5.73. The molecule has 0 spiro atoms. The van der Waals surface area contributed by atoms with Gasteiger partial charge in [0.2, 0.25) is 0 Å². The number of amides is 1. The van der Waals surface area contributed by atoms with Gasteiger partial charge < -0.3 is 14.8 Å². The minimum Gasteiger partial charge on any atom is -0.460 e. The van der Waals surface area contributed by atoms with Gasteiger partial charge in [0.15, 0.2) is 5.82 Å². The summed E-state index contributed by atoms with van der Waals surface area (Å²) < 4.78 is 90.8. The van der Waals surface area contributed by atoms with Crippen LogP contribution in [0.2, 0.25) is 0 Å². The number of nitrogens with zero attached hydrogens (tertiary/aromatic N) is 3. The summed E-state index contributed by atoms with van der Waals surface area (Å²) in [5.74, 6) is -0.620. The molecule has 1 amide bonds. The summed E-state index contributed by atoms with van der Waals surface area (Å²) in [5, 5.41) is 6.85. The number of alkyl halides is 6. The first-order valence-corrected chi connectivity index (χ1v) is 11.7. The fourth-order valence-electron chi connectivity index (χ4n) is 3.73. The molecule has 1 heterocycles. The van der Waals surface area contributed by atoms with Crippen molar-refractivity contribution in [2.75, 3.05) is 25.6 Å². The molecule has 3 aromatic carbocycles. The van der Waals surface area contributed by atoms with Gasteiger partial charge in [-0.3, -0.25) is 4.79 Å². The standard InChI is InChI=1S/C27H22F6N4O3/c1-16-6-7-18(14-22(16)27(31,32)33)24(38)34-20-4-3-5-21(15-20)37-23(35-25(36-37)40-13-12-39-2)17-8-10-19(11-9-17)26(28,29)30/h3-11,14-15H,12-13H2,1-2H3,(H,34,38). The Labute approximate surface area is 224 Å². The number of nitrogens with one attached hydrogen (secondary N) is 1. The summed E-state index contributed by atoms with van der Waals surface area (Å²) in [7, 11) is 1.48. The van der Waals surface area contributed by atoms with Crippen LogP contribution in [0.25, 0.3) is 17.1 Å². The maximum Gasteiger partial charge on any atom is 0.416 e. The lowest BCUT2D eigenvalue weighted by Crippen LogP contribution is -2.15. The smallest absolute Gasteiger partial charge is 0.416 e. The molecule has 4 rings (SSSR count). The Hall–Kier alpha value is -4.39. The van der Waals surface area contributed by atoms with Crippen LogP contribution in [0, 0.1) is 6.92 Å². The average Bonchev–Trinajstić information content (AvgIpc) is 3.32. The van der Waals surface area contributed by atoms with Gasteiger partial charge >= 0.3 is 18.4 Å². The molecule has 1 aromatic heterocycles. The highest BCUT2D eigenvalue weighted by atomic mass is 19.4. The van der Waals surface area contributed by atoms with Crippen LogP contribution in [-0.2, 0) is 17.1 Å². The van der Waals surface area contributed by atoms with Crippen molar-refractivity contribution in [3.05, 3.63) is 89.0 Å². The van der Waals surface area contributed by atoms with E-state index in [1.807, 2.05) is 0 Å². The number of methoxy groups -OCH3 is 1.